The van der Waals surface area contributed by atoms with Gasteiger partial charge < -0.3 is 15.8 Å². The quantitative estimate of drug-likeness (QED) is 0.894. The van der Waals surface area contributed by atoms with Gasteiger partial charge in [0.05, 0.1) is 17.2 Å². The predicted molar refractivity (Wildman–Crippen MR) is 81.6 cm³/mol. The van der Waals surface area contributed by atoms with Crippen LogP contribution in [0.1, 0.15) is 25.7 Å². The minimum atomic E-state index is -0.0651. The van der Waals surface area contributed by atoms with Crippen LogP contribution in [0.3, 0.4) is 0 Å². The van der Waals surface area contributed by atoms with Crippen LogP contribution in [0.2, 0.25) is 10.0 Å². The van der Waals surface area contributed by atoms with Gasteiger partial charge in [-0.2, -0.15) is 0 Å². The largest absolute Gasteiger partial charge is 0.494 e. The Hall–Kier alpha value is -0.970. The average molecular weight is 317 g/mol. The van der Waals surface area contributed by atoms with Crippen molar-refractivity contribution in [3.05, 3.63) is 22.2 Å². The third-order valence-corrected chi connectivity index (χ3v) is 4.21. The van der Waals surface area contributed by atoms with E-state index in [0.717, 1.165) is 19.3 Å². The zero-order chi connectivity index (χ0) is 14.7. The lowest BCUT2D eigenvalue weighted by Gasteiger charge is -2.15. The lowest BCUT2D eigenvalue weighted by molar-refractivity contribution is -0.117. The van der Waals surface area contributed by atoms with Gasteiger partial charge in [0.2, 0.25) is 5.91 Å². The Balaban J connectivity index is 2.01. The lowest BCUT2D eigenvalue weighted by atomic mass is 10.00. The molecular weight excluding hydrogens is 299 g/mol. The average Bonchev–Trinajstić information content (AvgIpc) is 2.74. The zero-order valence-corrected chi connectivity index (χ0v) is 12.8. The molecule has 1 fully saturated rings. The molecule has 1 aromatic carbocycles. The Morgan fingerprint density at radius 1 is 1.40 bits per heavy atom. The van der Waals surface area contributed by atoms with Crippen LogP contribution in [-0.4, -0.2) is 19.1 Å². The van der Waals surface area contributed by atoms with E-state index in [4.69, 9.17) is 33.7 Å². The molecule has 1 aliphatic carbocycles. The van der Waals surface area contributed by atoms with Crippen molar-refractivity contribution in [3.8, 4) is 5.75 Å². The number of benzene rings is 1. The van der Waals surface area contributed by atoms with Crippen LogP contribution >= 0.6 is 23.2 Å². The fraction of sp³-hybridized carbons (Fsp3) is 0.500. The van der Waals surface area contributed by atoms with Crippen molar-refractivity contribution in [1.29, 1.82) is 0 Å². The van der Waals surface area contributed by atoms with E-state index in [9.17, 15) is 4.79 Å². The lowest BCUT2D eigenvalue weighted by Crippen LogP contribution is -2.28. The highest BCUT2D eigenvalue weighted by Crippen LogP contribution is 2.36. The van der Waals surface area contributed by atoms with Gasteiger partial charge in [-0.25, -0.2) is 0 Å². The number of halogens is 2. The van der Waals surface area contributed by atoms with E-state index in [1.54, 1.807) is 12.1 Å². The molecular formula is C14H18Cl2N2O2. The summed E-state index contributed by atoms with van der Waals surface area (Å²) in [6, 6.07) is 3.38. The summed E-state index contributed by atoms with van der Waals surface area (Å²) in [4.78, 5) is 12.0. The standard InChI is InChI=1S/C14H18Cl2N2O2/c1-20-14-10(15)6-9(7-11(14)16)18-13(19)5-8-3-2-4-12(8)17/h6-8,12H,2-5,17H2,1H3,(H,18,19)/t8-,12+/m0/s1. The number of ether oxygens (including phenoxy) is 1. The maximum atomic E-state index is 12.0. The first-order chi connectivity index (χ1) is 9.51. The first-order valence-electron chi connectivity index (χ1n) is 6.59. The van der Waals surface area contributed by atoms with Crippen molar-refractivity contribution in [3.63, 3.8) is 0 Å². The molecule has 20 heavy (non-hydrogen) atoms. The molecule has 6 heteroatoms. The Morgan fingerprint density at radius 2 is 2.05 bits per heavy atom. The number of amides is 1. The second-order valence-electron chi connectivity index (χ2n) is 5.08. The summed E-state index contributed by atoms with van der Waals surface area (Å²) in [5.41, 5.74) is 6.54. The molecule has 0 radical (unpaired) electrons. The van der Waals surface area contributed by atoms with E-state index in [2.05, 4.69) is 5.32 Å². The van der Waals surface area contributed by atoms with Crippen molar-refractivity contribution < 1.29 is 9.53 Å². The first-order valence-corrected chi connectivity index (χ1v) is 7.35. The zero-order valence-electron chi connectivity index (χ0n) is 11.3. The molecule has 3 N–H and O–H groups in total. The molecule has 1 saturated carbocycles. The number of hydrogen-bond donors (Lipinski definition) is 2. The van der Waals surface area contributed by atoms with Gasteiger partial charge in [-0.15, -0.1) is 0 Å². The van der Waals surface area contributed by atoms with Crippen molar-refractivity contribution in [1.82, 2.24) is 0 Å². The summed E-state index contributed by atoms with van der Waals surface area (Å²) in [7, 11) is 1.49. The summed E-state index contributed by atoms with van der Waals surface area (Å²) in [5, 5.41) is 3.54. The van der Waals surface area contributed by atoms with E-state index in [0.29, 0.717) is 27.9 Å². The highest BCUT2D eigenvalue weighted by atomic mass is 35.5. The number of hydrogen-bond acceptors (Lipinski definition) is 3. The van der Waals surface area contributed by atoms with Crippen LogP contribution < -0.4 is 15.8 Å². The molecule has 0 aliphatic heterocycles. The normalized spacial score (nSPS) is 21.8. The van der Waals surface area contributed by atoms with Gasteiger partial charge in [-0.05, 0) is 30.9 Å². The van der Waals surface area contributed by atoms with Crippen LogP contribution in [-0.2, 0) is 4.79 Å². The Morgan fingerprint density at radius 3 is 2.55 bits per heavy atom. The third kappa shape index (κ3) is 3.57. The molecule has 1 aliphatic rings. The first kappa shape index (κ1) is 15.4. The van der Waals surface area contributed by atoms with Crippen molar-refractivity contribution in [2.45, 2.75) is 31.7 Å². The maximum Gasteiger partial charge on any atom is 0.224 e. The number of methoxy groups -OCH3 is 1. The molecule has 0 aromatic heterocycles. The predicted octanol–water partition coefficient (Wildman–Crippen LogP) is 3.46. The number of carbonyl (C=O) groups excluding carboxylic acids is 1. The second kappa shape index (κ2) is 6.66. The molecule has 110 valence electrons. The highest BCUT2D eigenvalue weighted by molar-refractivity contribution is 6.37. The van der Waals surface area contributed by atoms with E-state index in [1.807, 2.05) is 0 Å². The summed E-state index contributed by atoms with van der Waals surface area (Å²) < 4.78 is 5.06. The minimum Gasteiger partial charge on any atom is -0.494 e. The summed E-state index contributed by atoms with van der Waals surface area (Å²) in [5.74, 6) is 0.605. The van der Waals surface area contributed by atoms with Gasteiger partial charge in [0.1, 0.15) is 0 Å². The monoisotopic (exact) mass is 316 g/mol. The third-order valence-electron chi connectivity index (χ3n) is 3.65. The summed E-state index contributed by atoms with van der Waals surface area (Å²) in [6.07, 6.45) is 3.54. The summed E-state index contributed by atoms with van der Waals surface area (Å²) in [6.45, 7) is 0. The molecule has 1 aromatic rings. The van der Waals surface area contributed by atoms with Gasteiger partial charge in [-0.3, -0.25) is 4.79 Å². The van der Waals surface area contributed by atoms with Crippen LogP contribution in [0, 0.1) is 5.92 Å². The molecule has 0 bridgehead atoms. The van der Waals surface area contributed by atoms with E-state index in [1.165, 1.54) is 7.11 Å². The highest BCUT2D eigenvalue weighted by Gasteiger charge is 2.26. The van der Waals surface area contributed by atoms with Gasteiger partial charge in [0.15, 0.2) is 5.75 Å². The van der Waals surface area contributed by atoms with E-state index in [-0.39, 0.29) is 17.9 Å². The van der Waals surface area contributed by atoms with Crippen molar-refractivity contribution >= 4 is 34.8 Å². The Bertz CT molecular complexity index is 485. The minimum absolute atomic E-state index is 0.0651. The number of rotatable bonds is 4. The molecule has 4 nitrogen and oxygen atoms in total. The molecule has 2 rings (SSSR count). The van der Waals surface area contributed by atoms with Gasteiger partial charge in [0.25, 0.3) is 0 Å². The summed E-state index contributed by atoms with van der Waals surface area (Å²) >= 11 is 12.1. The van der Waals surface area contributed by atoms with Gasteiger partial charge in [-0.1, -0.05) is 29.6 Å². The fourth-order valence-electron chi connectivity index (χ4n) is 2.60. The number of nitrogens with two attached hydrogens (primary N) is 1. The molecule has 0 heterocycles. The Labute approximate surface area is 128 Å². The van der Waals surface area contributed by atoms with Crippen LogP contribution in [0.15, 0.2) is 12.1 Å². The number of anilines is 1. The molecule has 0 unspecified atom stereocenters. The fourth-order valence-corrected chi connectivity index (χ4v) is 3.24. The topological polar surface area (TPSA) is 64.3 Å². The van der Waals surface area contributed by atoms with E-state index >= 15 is 0 Å². The van der Waals surface area contributed by atoms with E-state index < -0.39 is 0 Å². The van der Waals surface area contributed by atoms with Crippen molar-refractivity contribution in [2.24, 2.45) is 11.7 Å². The number of carbonyl (C=O) groups is 1. The molecule has 0 saturated heterocycles. The van der Waals surface area contributed by atoms with Crippen LogP contribution in [0.25, 0.3) is 0 Å². The van der Waals surface area contributed by atoms with Crippen molar-refractivity contribution in [2.75, 3.05) is 12.4 Å². The van der Waals surface area contributed by atoms with Gasteiger partial charge >= 0.3 is 0 Å². The Kier molecular flexibility index (Phi) is 5.13. The van der Waals surface area contributed by atoms with Gasteiger partial charge in [0, 0.05) is 18.2 Å². The van der Waals surface area contributed by atoms with Crippen LogP contribution in [0.4, 0.5) is 5.69 Å². The molecule has 2 atom stereocenters. The molecule has 1 amide bonds. The second-order valence-corrected chi connectivity index (χ2v) is 5.89. The SMILES string of the molecule is COc1c(Cl)cc(NC(=O)C[C@@H]2CCC[C@H]2N)cc1Cl. The molecule has 0 spiro atoms. The maximum absolute atomic E-state index is 12.0. The number of nitrogens with one attached hydrogen (secondary N) is 1. The smallest absolute Gasteiger partial charge is 0.224 e. The van der Waals surface area contributed by atoms with Crippen LogP contribution in [0.5, 0.6) is 5.75 Å².